The van der Waals surface area contributed by atoms with E-state index >= 15 is 0 Å². The van der Waals surface area contributed by atoms with Crippen molar-refractivity contribution in [2.45, 2.75) is 40.5 Å². The fourth-order valence-electron chi connectivity index (χ4n) is 3.58. The molecule has 0 aliphatic heterocycles. The van der Waals surface area contributed by atoms with Gasteiger partial charge in [-0.05, 0) is 69.2 Å². The van der Waals surface area contributed by atoms with Gasteiger partial charge in [0.1, 0.15) is 0 Å². The lowest BCUT2D eigenvalue weighted by Crippen LogP contribution is -2.32. The average molecular weight is 453 g/mol. The molecular weight excluding hydrogens is 416 g/mol. The molecule has 178 valence electrons. The first-order valence-electron chi connectivity index (χ1n) is 11.8. The van der Waals surface area contributed by atoms with Crippen LogP contribution in [-0.2, 0) is 4.79 Å². The molecule has 2 aromatic carbocycles. The smallest absolute Gasteiger partial charge is 0.253 e. The van der Waals surface area contributed by atoms with Crippen molar-refractivity contribution >= 4 is 29.1 Å². The van der Waals surface area contributed by atoms with E-state index in [9.17, 15) is 14.4 Å². The number of nitrogens with one attached hydrogen (secondary N) is 2. The van der Waals surface area contributed by atoms with E-state index in [0.29, 0.717) is 35.6 Å². The number of carbonyl (C=O) groups excluding carboxylic acids is 3. The summed E-state index contributed by atoms with van der Waals surface area (Å²) in [6.07, 6.45) is 1.83. The molecule has 0 unspecified atom stereocenters. The van der Waals surface area contributed by atoms with Crippen molar-refractivity contribution in [3.05, 3.63) is 59.7 Å². The highest BCUT2D eigenvalue weighted by Crippen LogP contribution is 2.14. The van der Waals surface area contributed by atoms with Crippen LogP contribution in [0.5, 0.6) is 0 Å². The summed E-state index contributed by atoms with van der Waals surface area (Å²) in [7, 11) is 0. The van der Waals surface area contributed by atoms with E-state index in [2.05, 4.69) is 24.5 Å². The van der Waals surface area contributed by atoms with Crippen molar-refractivity contribution < 1.29 is 14.4 Å². The van der Waals surface area contributed by atoms with Crippen LogP contribution in [0.15, 0.2) is 48.5 Å². The maximum Gasteiger partial charge on any atom is 0.253 e. The lowest BCUT2D eigenvalue weighted by atomic mass is 10.1. The van der Waals surface area contributed by atoms with Gasteiger partial charge >= 0.3 is 0 Å². The Kier molecular flexibility index (Phi) is 10.4. The predicted molar refractivity (Wildman–Crippen MR) is 134 cm³/mol. The first-order valence-corrected chi connectivity index (χ1v) is 11.8. The number of anilines is 2. The van der Waals surface area contributed by atoms with Gasteiger partial charge in [-0.3, -0.25) is 14.4 Å². The topological polar surface area (TPSA) is 81.8 Å². The Labute approximate surface area is 197 Å². The van der Waals surface area contributed by atoms with Gasteiger partial charge < -0.3 is 20.4 Å². The lowest BCUT2D eigenvalue weighted by Gasteiger charge is -2.21. The van der Waals surface area contributed by atoms with Gasteiger partial charge in [0.25, 0.3) is 11.8 Å². The van der Waals surface area contributed by atoms with E-state index < -0.39 is 0 Å². The van der Waals surface area contributed by atoms with Crippen LogP contribution in [0.2, 0.25) is 0 Å². The monoisotopic (exact) mass is 452 g/mol. The zero-order valence-corrected chi connectivity index (χ0v) is 20.2. The first-order chi connectivity index (χ1) is 15.9. The number of nitrogens with zero attached hydrogens (tertiary/aromatic N) is 2. The molecule has 7 nitrogen and oxygen atoms in total. The third-order valence-corrected chi connectivity index (χ3v) is 5.30. The van der Waals surface area contributed by atoms with Crippen molar-refractivity contribution in [1.29, 1.82) is 0 Å². The van der Waals surface area contributed by atoms with Gasteiger partial charge in [-0.15, -0.1) is 0 Å². The molecule has 0 spiro atoms. The van der Waals surface area contributed by atoms with Crippen LogP contribution in [-0.4, -0.2) is 60.2 Å². The van der Waals surface area contributed by atoms with Crippen LogP contribution in [0.3, 0.4) is 0 Å². The lowest BCUT2D eigenvalue weighted by molar-refractivity contribution is -0.114. The number of amides is 3. The predicted octanol–water partition coefficient (Wildman–Crippen LogP) is 4.48. The highest BCUT2D eigenvalue weighted by atomic mass is 16.2. The van der Waals surface area contributed by atoms with Gasteiger partial charge in [0.2, 0.25) is 5.91 Å². The van der Waals surface area contributed by atoms with Gasteiger partial charge in [-0.2, -0.15) is 0 Å². The molecule has 2 rings (SSSR count). The van der Waals surface area contributed by atoms with Gasteiger partial charge in [-0.1, -0.05) is 19.9 Å². The van der Waals surface area contributed by atoms with Crippen molar-refractivity contribution in [3.8, 4) is 0 Å². The van der Waals surface area contributed by atoms with E-state index in [1.54, 1.807) is 47.4 Å². The minimum absolute atomic E-state index is 0.0115. The SMILES string of the molecule is CCCN(CCC)C(=O)c1ccc(NC(=O)CNc2cccc(C(=O)N(CC)CC)c2)cc1. The standard InChI is InChI=1S/C26H36N4O3/c1-5-16-30(17-6-2)25(32)20-12-14-22(15-13-20)28-24(31)19-27-23-11-9-10-21(18-23)26(33)29(7-3)8-4/h9-15,18,27H,5-8,16-17,19H2,1-4H3,(H,28,31). The second-order valence-electron chi connectivity index (χ2n) is 7.83. The molecular formula is C26H36N4O3. The maximum absolute atomic E-state index is 12.7. The zero-order chi connectivity index (χ0) is 24.2. The number of carbonyl (C=O) groups is 3. The molecule has 2 aromatic rings. The van der Waals surface area contributed by atoms with Crippen LogP contribution in [0, 0.1) is 0 Å². The van der Waals surface area contributed by atoms with Crippen LogP contribution in [0.1, 0.15) is 61.3 Å². The molecule has 0 heterocycles. The molecule has 33 heavy (non-hydrogen) atoms. The summed E-state index contributed by atoms with van der Waals surface area (Å²) in [6, 6.07) is 14.1. The van der Waals surface area contributed by atoms with E-state index in [1.807, 2.05) is 24.8 Å². The molecule has 0 saturated carbocycles. The quantitative estimate of drug-likeness (QED) is 0.497. The largest absolute Gasteiger partial charge is 0.376 e. The summed E-state index contributed by atoms with van der Waals surface area (Å²) < 4.78 is 0. The Morgan fingerprint density at radius 3 is 1.91 bits per heavy atom. The highest BCUT2D eigenvalue weighted by Gasteiger charge is 2.15. The molecule has 0 fully saturated rings. The van der Waals surface area contributed by atoms with E-state index in [1.165, 1.54) is 0 Å². The molecule has 2 N–H and O–H groups in total. The summed E-state index contributed by atoms with van der Waals surface area (Å²) in [5.74, 6) is -0.232. The Morgan fingerprint density at radius 2 is 1.33 bits per heavy atom. The molecule has 0 aliphatic rings. The van der Waals surface area contributed by atoms with Crippen molar-refractivity contribution in [3.63, 3.8) is 0 Å². The van der Waals surface area contributed by atoms with Crippen molar-refractivity contribution in [2.75, 3.05) is 43.4 Å². The summed E-state index contributed by atoms with van der Waals surface area (Å²) in [5.41, 5.74) is 2.53. The summed E-state index contributed by atoms with van der Waals surface area (Å²) in [5, 5.41) is 5.89. The third kappa shape index (κ3) is 7.63. The van der Waals surface area contributed by atoms with Crippen molar-refractivity contribution in [2.24, 2.45) is 0 Å². The van der Waals surface area contributed by atoms with E-state index in [-0.39, 0.29) is 24.3 Å². The molecule has 0 atom stereocenters. The summed E-state index contributed by atoms with van der Waals surface area (Å²) in [4.78, 5) is 41.2. The Bertz CT molecular complexity index is 917. The molecule has 3 amide bonds. The highest BCUT2D eigenvalue weighted by molar-refractivity contribution is 5.97. The fourth-order valence-corrected chi connectivity index (χ4v) is 3.58. The number of benzene rings is 2. The Hall–Kier alpha value is -3.35. The van der Waals surface area contributed by atoms with Gasteiger partial charge in [-0.25, -0.2) is 0 Å². The minimum Gasteiger partial charge on any atom is -0.376 e. The molecule has 0 bridgehead atoms. The molecule has 0 radical (unpaired) electrons. The van der Waals surface area contributed by atoms with Gasteiger partial charge in [0.15, 0.2) is 0 Å². The second kappa shape index (κ2) is 13.3. The van der Waals surface area contributed by atoms with Crippen molar-refractivity contribution in [1.82, 2.24) is 9.80 Å². The van der Waals surface area contributed by atoms with Gasteiger partial charge in [0.05, 0.1) is 6.54 Å². The maximum atomic E-state index is 12.7. The Morgan fingerprint density at radius 1 is 0.727 bits per heavy atom. The van der Waals surface area contributed by atoms with E-state index in [0.717, 1.165) is 25.9 Å². The normalized spacial score (nSPS) is 10.4. The van der Waals surface area contributed by atoms with Gasteiger partial charge in [0, 0.05) is 48.7 Å². The first kappa shape index (κ1) is 25.9. The minimum atomic E-state index is -0.215. The molecule has 0 aromatic heterocycles. The molecule has 7 heteroatoms. The fraction of sp³-hybridized carbons (Fsp3) is 0.423. The average Bonchev–Trinajstić information content (AvgIpc) is 2.83. The second-order valence-corrected chi connectivity index (χ2v) is 7.83. The van der Waals surface area contributed by atoms with Crippen LogP contribution in [0.25, 0.3) is 0 Å². The summed E-state index contributed by atoms with van der Waals surface area (Å²) >= 11 is 0. The third-order valence-electron chi connectivity index (χ3n) is 5.30. The molecule has 0 aliphatic carbocycles. The zero-order valence-electron chi connectivity index (χ0n) is 20.2. The summed E-state index contributed by atoms with van der Waals surface area (Å²) in [6.45, 7) is 10.8. The number of rotatable bonds is 12. The number of hydrogen-bond donors (Lipinski definition) is 2. The van der Waals surface area contributed by atoms with E-state index in [4.69, 9.17) is 0 Å². The van der Waals surface area contributed by atoms with Crippen LogP contribution in [0.4, 0.5) is 11.4 Å². The Balaban J connectivity index is 1.93. The van der Waals surface area contributed by atoms with Crippen LogP contribution < -0.4 is 10.6 Å². The van der Waals surface area contributed by atoms with Crippen LogP contribution >= 0.6 is 0 Å². The number of hydrogen-bond acceptors (Lipinski definition) is 4. The molecule has 0 saturated heterocycles.